The van der Waals surface area contributed by atoms with E-state index in [0.29, 0.717) is 13.2 Å². The second-order valence-electron chi connectivity index (χ2n) is 7.07. The summed E-state index contributed by atoms with van der Waals surface area (Å²) < 4.78 is 17.6. The van der Waals surface area contributed by atoms with Gasteiger partial charge in [0.05, 0.1) is 36.4 Å². The van der Waals surface area contributed by atoms with Crippen LogP contribution in [0.15, 0.2) is 30.3 Å². The van der Waals surface area contributed by atoms with Gasteiger partial charge in [-0.1, -0.05) is 30.3 Å². The van der Waals surface area contributed by atoms with Gasteiger partial charge < -0.3 is 14.2 Å². The smallest absolute Gasteiger partial charge is 0.314 e. The van der Waals surface area contributed by atoms with E-state index in [-0.39, 0.29) is 18.2 Å². The molecular formula is C19H26O4. The van der Waals surface area contributed by atoms with Crippen LogP contribution >= 0.6 is 0 Å². The Bertz CT molecular complexity index is 554. The molecule has 4 heteroatoms. The van der Waals surface area contributed by atoms with E-state index in [4.69, 9.17) is 14.2 Å². The maximum Gasteiger partial charge on any atom is 0.314 e. The predicted octanol–water partition coefficient (Wildman–Crippen LogP) is 3.48. The third-order valence-corrected chi connectivity index (χ3v) is 5.39. The maximum atomic E-state index is 12.4. The van der Waals surface area contributed by atoms with Gasteiger partial charge in [0.15, 0.2) is 0 Å². The molecular weight excluding hydrogens is 292 g/mol. The first kappa shape index (κ1) is 16.5. The molecule has 0 radical (unpaired) electrons. The molecule has 3 rings (SSSR count). The summed E-state index contributed by atoms with van der Waals surface area (Å²) in [5, 5.41) is 0. The van der Waals surface area contributed by atoms with Crippen molar-refractivity contribution in [3.8, 4) is 0 Å². The fraction of sp³-hybridized carbons (Fsp3) is 0.632. The van der Waals surface area contributed by atoms with Crippen molar-refractivity contribution in [1.82, 2.24) is 0 Å². The fourth-order valence-electron chi connectivity index (χ4n) is 3.81. The minimum Gasteiger partial charge on any atom is -0.465 e. The van der Waals surface area contributed by atoms with Crippen LogP contribution in [0, 0.1) is 5.41 Å². The molecule has 0 amide bonds. The van der Waals surface area contributed by atoms with Crippen LogP contribution in [-0.4, -0.2) is 30.4 Å². The number of carbonyl (C=O) groups is 1. The number of carbonyl (C=O) groups excluding carboxylic acids is 1. The molecule has 23 heavy (non-hydrogen) atoms. The van der Waals surface area contributed by atoms with Gasteiger partial charge in [0.25, 0.3) is 0 Å². The van der Waals surface area contributed by atoms with Gasteiger partial charge in [0.2, 0.25) is 0 Å². The summed E-state index contributed by atoms with van der Waals surface area (Å²) in [5.74, 6) is -0.177. The van der Waals surface area contributed by atoms with Crippen molar-refractivity contribution in [2.45, 2.75) is 64.4 Å². The minimum absolute atomic E-state index is 0.0534. The summed E-state index contributed by atoms with van der Waals surface area (Å²) in [6, 6.07) is 10.2. The van der Waals surface area contributed by atoms with E-state index in [9.17, 15) is 4.79 Å². The van der Waals surface area contributed by atoms with E-state index in [2.05, 4.69) is 12.1 Å². The molecule has 4 nitrogen and oxygen atoms in total. The molecule has 0 aromatic heterocycles. The van der Waals surface area contributed by atoms with Crippen LogP contribution in [0.2, 0.25) is 0 Å². The van der Waals surface area contributed by atoms with E-state index in [1.165, 1.54) is 0 Å². The third-order valence-electron chi connectivity index (χ3n) is 5.39. The van der Waals surface area contributed by atoms with Gasteiger partial charge in [-0.25, -0.2) is 0 Å². The molecule has 0 N–H and O–H groups in total. The van der Waals surface area contributed by atoms with Gasteiger partial charge in [-0.15, -0.1) is 0 Å². The fourth-order valence-corrected chi connectivity index (χ4v) is 3.81. The van der Waals surface area contributed by atoms with E-state index in [1.807, 2.05) is 39.0 Å². The van der Waals surface area contributed by atoms with Crippen molar-refractivity contribution in [2.75, 3.05) is 6.61 Å². The Morgan fingerprint density at radius 2 is 2.09 bits per heavy atom. The second kappa shape index (κ2) is 6.25. The van der Waals surface area contributed by atoms with Gasteiger partial charge >= 0.3 is 5.97 Å². The number of hydrogen-bond donors (Lipinski definition) is 0. The Morgan fingerprint density at radius 1 is 1.35 bits per heavy atom. The van der Waals surface area contributed by atoms with Crippen LogP contribution in [0.3, 0.4) is 0 Å². The van der Waals surface area contributed by atoms with Gasteiger partial charge in [-0.05, 0) is 39.2 Å². The largest absolute Gasteiger partial charge is 0.465 e. The molecule has 3 atom stereocenters. The molecule has 2 aliphatic rings. The van der Waals surface area contributed by atoms with Crippen molar-refractivity contribution in [1.29, 1.82) is 0 Å². The molecule has 2 aliphatic heterocycles. The van der Waals surface area contributed by atoms with Crippen molar-refractivity contribution >= 4 is 5.97 Å². The van der Waals surface area contributed by atoms with Gasteiger partial charge in [0.1, 0.15) is 0 Å². The Balaban J connectivity index is 1.66. The standard InChI is InChI=1S/C19H26O4/c1-4-21-17(20)18(2,3)19-11-10-15(23-19)16(12-19)22-13-14-8-6-5-7-9-14/h5-9,15-16H,4,10-13H2,1-3H3. The molecule has 0 spiro atoms. The molecule has 2 bridgehead atoms. The van der Waals surface area contributed by atoms with Crippen molar-refractivity contribution in [3.05, 3.63) is 35.9 Å². The Labute approximate surface area is 138 Å². The zero-order valence-electron chi connectivity index (χ0n) is 14.2. The molecule has 2 heterocycles. The SMILES string of the molecule is CCOC(=O)C(C)(C)C12CCC(O1)C(OCc1ccccc1)C2. The van der Waals surface area contributed by atoms with Crippen LogP contribution in [-0.2, 0) is 25.6 Å². The summed E-state index contributed by atoms with van der Waals surface area (Å²) in [5.41, 5.74) is 0.0578. The molecule has 3 unspecified atom stereocenters. The predicted molar refractivity (Wildman–Crippen MR) is 86.9 cm³/mol. The Kier molecular flexibility index (Phi) is 4.47. The first-order valence-corrected chi connectivity index (χ1v) is 8.49. The van der Waals surface area contributed by atoms with E-state index >= 15 is 0 Å². The van der Waals surface area contributed by atoms with Gasteiger partial charge in [-0.2, -0.15) is 0 Å². The molecule has 126 valence electrons. The van der Waals surface area contributed by atoms with Crippen LogP contribution < -0.4 is 0 Å². The van der Waals surface area contributed by atoms with Crippen LogP contribution in [0.5, 0.6) is 0 Å². The summed E-state index contributed by atoms with van der Waals surface area (Å²) in [4.78, 5) is 12.4. The number of esters is 1. The molecule has 1 aromatic rings. The summed E-state index contributed by atoms with van der Waals surface area (Å²) >= 11 is 0. The number of rotatable bonds is 6. The van der Waals surface area contributed by atoms with E-state index < -0.39 is 11.0 Å². The van der Waals surface area contributed by atoms with Crippen molar-refractivity contribution < 1.29 is 19.0 Å². The number of fused-ring (bicyclic) bond motifs is 2. The zero-order chi connectivity index (χ0) is 16.5. The van der Waals surface area contributed by atoms with E-state index in [1.54, 1.807) is 0 Å². The van der Waals surface area contributed by atoms with Crippen LogP contribution in [0.1, 0.15) is 45.6 Å². The monoisotopic (exact) mass is 318 g/mol. The normalized spacial score (nSPS) is 29.7. The first-order chi connectivity index (χ1) is 11.0. The minimum atomic E-state index is -0.650. The highest BCUT2D eigenvalue weighted by atomic mass is 16.6. The second-order valence-corrected chi connectivity index (χ2v) is 7.07. The average Bonchev–Trinajstić information content (AvgIpc) is 3.14. The highest BCUT2D eigenvalue weighted by molar-refractivity contribution is 5.77. The quantitative estimate of drug-likeness (QED) is 0.753. The Morgan fingerprint density at radius 3 is 2.78 bits per heavy atom. The third kappa shape index (κ3) is 2.90. The Hall–Kier alpha value is -1.39. The lowest BCUT2D eigenvalue weighted by Gasteiger charge is -2.39. The highest BCUT2D eigenvalue weighted by Crippen LogP contribution is 2.54. The molecule has 2 fully saturated rings. The van der Waals surface area contributed by atoms with Crippen LogP contribution in [0.4, 0.5) is 0 Å². The lowest BCUT2D eigenvalue weighted by molar-refractivity contribution is -0.170. The number of ether oxygens (including phenoxy) is 3. The van der Waals surface area contributed by atoms with Crippen molar-refractivity contribution in [2.24, 2.45) is 5.41 Å². The number of benzene rings is 1. The van der Waals surface area contributed by atoms with Gasteiger partial charge in [0, 0.05) is 6.42 Å². The van der Waals surface area contributed by atoms with E-state index in [0.717, 1.165) is 24.8 Å². The lowest BCUT2D eigenvalue weighted by atomic mass is 9.68. The molecule has 1 aromatic carbocycles. The van der Waals surface area contributed by atoms with Crippen molar-refractivity contribution in [3.63, 3.8) is 0 Å². The summed E-state index contributed by atoms with van der Waals surface area (Å²) in [6.07, 6.45) is 2.75. The molecule has 2 saturated heterocycles. The van der Waals surface area contributed by atoms with Gasteiger partial charge in [-0.3, -0.25) is 4.79 Å². The van der Waals surface area contributed by atoms with Crippen LogP contribution in [0.25, 0.3) is 0 Å². The average molecular weight is 318 g/mol. The molecule has 0 aliphatic carbocycles. The summed E-state index contributed by atoms with van der Waals surface area (Å²) in [6.45, 7) is 6.70. The summed E-state index contributed by atoms with van der Waals surface area (Å²) in [7, 11) is 0. The first-order valence-electron chi connectivity index (χ1n) is 8.49. The lowest BCUT2D eigenvalue weighted by Crippen LogP contribution is -2.49. The number of hydrogen-bond acceptors (Lipinski definition) is 4. The maximum absolute atomic E-state index is 12.4. The zero-order valence-corrected chi connectivity index (χ0v) is 14.2. The highest BCUT2D eigenvalue weighted by Gasteiger charge is 2.62. The molecule has 0 saturated carbocycles. The topological polar surface area (TPSA) is 44.8 Å².